The lowest BCUT2D eigenvalue weighted by atomic mass is 9.93. The zero-order chi connectivity index (χ0) is 39.0. The second-order valence-electron chi connectivity index (χ2n) is 13.4. The number of methoxy groups -OCH3 is 2. The molecule has 2 heterocycles. The largest absolute Gasteiger partial charge is 0.493 e. The van der Waals surface area contributed by atoms with Gasteiger partial charge in [-0.2, -0.15) is 0 Å². The average molecular weight is 804 g/mol. The minimum atomic E-state index is -4.02. The summed E-state index contributed by atoms with van der Waals surface area (Å²) >= 11 is 12.6. The number of benzene rings is 3. The first-order valence-corrected chi connectivity index (χ1v) is 20.0. The predicted molar refractivity (Wildman–Crippen MR) is 209 cm³/mol. The molecule has 16 heteroatoms. The first-order chi connectivity index (χ1) is 25.8. The van der Waals surface area contributed by atoms with Crippen molar-refractivity contribution in [3.05, 3.63) is 93.5 Å². The van der Waals surface area contributed by atoms with Crippen LogP contribution in [0.3, 0.4) is 0 Å². The van der Waals surface area contributed by atoms with Gasteiger partial charge in [-0.05, 0) is 74.4 Å². The van der Waals surface area contributed by atoms with Crippen LogP contribution >= 0.6 is 23.2 Å². The number of nitrogens with zero attached hydrogens (tertiary/aromatic N) is 4. The van der Waals surface area contributed by atoms with E-state index in [9.17, 15) is 13.2 Å². The standard InChI is InChI=1S/C38H48Cl2N6O7S/c1-6-53-33-16-15-31(54(49,50)43-26(3)24-52-5)21-32(33)37-42-35(27-7-11-29(39)12-8-27)36(28-9-13-30(40)14-10-28)46(37)38(48)45-19-17-44(18-20-45)22-34(47)41-25(2)23-51-4/h7-16,21,25-26,35-36,43H,6,17-20,22-24H2,1-5H3,(H,41,47). The highest BCUT2D eigenvalue weighted by molar-refractivity contribution is 7.89. The fourth-order valence-corrected chi connectivity index (χ4v) is 8.17. The molecule has 0 aliphatic carbocycles. The van der Waals surface area contributed by atoms with Crippen molar-refractivity contribution in [1.82, 2.24) is 24.7 Å². The van der Waals surface area contributed by atoms with E-state index in [2.05, 4.69) is 10.0 Å². The van der Waals surface area contributed by atoms with Crippen LogP contribution in [0.1, 0.15) is 49.5 Å². The van der Waals surface area contributed by atoms with Crippen LogP contribution in [0.25, 0.3) is 0 Å². The summed E-state index contributed by atoms with van der Waals surface area (Å²) in [4.78, 5) is 38.3. The minimum Gasteiger partial charge on any atom is -0.493 e. The number of hydrogen-bond acceptors (Lipinski definition) is 9. The zero-order valence-electron chi connectivity index (χ0n) is 31.1. The highest BCUT2D eigenvalue weighted by atomic mass is 35.5. The summed E-state index contributed by atoms with van der Waals surface area (Å²) in [6.07, 6.45) is 0. The van der Waals surface area contributed by atoms with E-state index in [1.54, 1.807) is 54.2 Å². The van der Waals surface area contributed by atoms with Crippen molar-refractivity contribution in [3.8, 4) is 5.75 Å². The molecule has 3 aromatic rings. The molecule has 5 rings (SSSR count). The van der Waals surface area contributed by atoms with Crippen LogP contribution in [-0.2, 0) is 24.3 Å². The molecule has 13 nitrogen and oxygen atoms in total. The number of sulfonamides is 1. The number of amides is 3. The van der Waals surface area contributed by atoms with Gasteiger partial charge in [0.15, 0.2) is 0 Å². The number of urea groups is 1. The Morgan fingerprint density at radius 1 is 0.870 bits per heavy atom. The quantitative estimate of drug-likeness (QED) is 0.215. The Morgan fingerprint density at radius 3 is 2.06 bits per heavy atom. The van der Waals surface area contributed by atoms with Crippen molar-refractivity contribution < 1.29 is 32.2 Å². The molecule has 0 aromatic heterocycles. The van der Waals surface area contributed by atoms with Crippen molar-refractivity contribution in [3.63, 3.8) is 0 Å². The summed E-state index contributed by atoms with van der Waals surface area (Å²) in [6, 6.07) is 16.8. The summed E-state index contributed by atoms with van der Waals surface area (Å²) in [5.74, 6) is 0.494. The van der Waals surface area contributed by atoms with Crippen LogP contribution in [0.2, 0.25) is 10.0 Å². The van der Waals surface area contributed by atoms with Gasteiger partial charge in [0.2, 0.25) is 15.9 Å². The Kier molecular flexibility index (Phi) is 14.4. The Bertz CT molecular complexity index is 1890. The van der Waals surface area contributed by atoms with Gasteiger partial charge < -0.3 is 24.4 Å². The van der Waals surface area contributed by atoms with Crippen LogP contribution in [0.15, 0.2) is 76.6 Å². The normalized spacial score (nSPS) is 19.0. The van der Waals surface area contributed by atoms with E-state index in [0.29, 0.717) is 54.1 Å². The first-order valence-electron chi connectivity index (χ1n) is 17.8. The predicted octanol–water partition coefficient (Wildman–Crippen LogP) is 5.14. The minimum absolute atomic E-state index is 0.0244. The summed E-state index contributed by atoms with van der Waals surface area (Å²) in [5.41, 5.74) is 1.90. The molecule has 1 saturated heterocycles. The van der Waals surface area contributed by atoms with E-state index in [1.807, 2.05) is 43.0 Å². The maximum absolute atomic E-state index is 15.0. The Hall–Kier alpha value is -3.76. The molecule has 4 unspecified atom stereocenters. The van der Waals surface area contributed by atoms with E-state index in [1.165, 1.54) is 19.2 Å². The molecule has 54 heavy (non-hydrogen) atoms. The Labute approximate surface area is 327 Å². The lowest BCUT2D eigenvalue weighted by molar-refractivity contribution is -0.123. The summed E-state index contributed by atoms with van der Waals surface area (Å²) in [7, 11) is -0.935. The van der Waals surface area contributed by atoms with Gasteiger partial charge in [0.05, 0.1) is 42.9 Å². The molecule has 0 saturated carbocycles. The Balaban J connectivity index is 1.57. The number of aliphatic imine (C=N–C) groups is 1. The molecular weight excluding hydrogens is 755 g/mol. The summed E-state index contributed by atoms with van der Waals surface area (Å²) in [6.45, 7) is 8.08. The van der Waals surface area contributed by atoms with Crippen LogP contribution in [0.4, 0.5) is 4.79 Å². The zero-order valence-corrected chi connectivity index (χ0v) is 33.5. The number of amidine groups is 1. The lowest BCUT2D eigenvalue weighted by Crippen LogP contribution is -2.55. The smallest absolute Gasteiger partial charge is 0.326 e. The average Bonchev–Trinajstić information content (AvgIpc) is 3.52. The molecule has 0 radical (unpaired) electrons. The number of halogens is 2. The third-order valence-corrected chi connectivity index (χ3v) is 11.2. The number of carbonyl (C=O) groups excluding carboxylic acids is 2. The van der Waals surface area contributed by atoms with E-state index in [0.717, 1.165) is 11.1 Å². The number of hydrogen-bond donors (Lipinski definition) is 2. The van der Waals surface area contributed by atoms with Gasteiger partial charge in [-0.3, -0.25) is 19.6 Å². The summed E-state index contributed by atoms with van der Waals surface area (Å²) in [5, 5.41) is 4.01. The van der Waals surface area contributed by atoms with Crippen LogP contribution in [0.5, 0.6) is 5.75 Å². The number of carbonyl (C=O) groups is 2. The van der Waals surface area contributed by atoms with Crippen molar-refractivity contribution in [2.24, 2.45) is 4.99 Å². The molecule has 3 amide bonds. The molecule has 0 bridgehead atoms. The Morgan fingerprint density at radius 2 is 1.46 bits per heavy atom. The van der Waals surface area contributed by atoms with Crippen molar-refractivity contribution in [2.45, 2.75) is 49.8 Å². The van der Waals surface area contributed by atoms with E-state index in [-0.39, 0.29) is 48.5 Å². The molecule has 292 valence electrons. The maximum Gasteiger partial charge on any atom is 0.326 e. The fraction of sp³-hybridized carbons (Fsp3) is 0.447. The molecule has 2 aliphatic heterocycles. The SMILES string of the molecule is CCOc1ccc(S(=O)(=O)NC(C)COC)cc1C1=NC(c2ccc(Cl)cc2)C(c2ccc(Cl)cc2)N1C(=O)N1CCN(CC(=O)NC(C)COC)CC1. The van der Waals surface area contributed by atoms with Gasteiger partial charge >= 0.3 is 6.03 Å². The highest BCUT2D eigenvalue weighted by Crippen LogP contribution is 2.45. The van der Waals surface area contributed by atoms with Gasteiger partial charge in [0.1, 0.15) is 17.6 Å². The monoisotopic (exact) mass is 802 g/mol. The molecular formula is C38H48Cl2N6O7S. The topological polar surface area (TPSA) is 142 Å². The molecule has 2 N–H and O–H groups in total. The van der Waals surface area contributed by atoms with Crippen molar-refractivity contribution >= 4 is 51.0 Å². The van der Waals surface area contributed by atoms with Gasteiger partial charge in [-0.1, -0.05) is 47.5 Å². The fourth-order valence-electron chi connectivity index (χ4n) is 6.67. The van der Waals surface area contributed by atoms with Crippen LogP contribution < -0.4 is 14.8 Å². The molecule has 2 aliphatic rings. The second kappa shape index (κ2) is 18.7. The third-order valence-electron chi connectivity index (χ3n) is 9.11. The van der Waals surface area contributed by atoms with Crippen LogP contribution in [-0.4, -0.2) is 120 Å². The number of rotatable bonds is 15. The van der Waals surface area contributed by atoms with Gasteiger partial charge in [0, 0.05) is 62.5 Å². The maximum atomic E-state index is 15.0. The molecule has 4 atom stereocenters. The van der Waals surface area contributed by atoms with E-state index >= 15 is 4.79 Å². The second-order valence-corrected chi connectivity index (χ2v) is 15.9. The summed E-state index contributed by atoms with van der Waals surface area (Å²) < 4.78 is 46.3. The van der Waals surface area contributed by atoms with Crippen LogP contribution in [0, 0.1) is 0 Å². The van der Waals surface area contributed by atoms with Crippen molar-refractivity contribution in [2.75, 3.05) is 66.8 Å². The number of ether oxygens (including phenoxy) is 3. The molecule has 0 spiro atoms. The molecule has 1 fully saturated rings. The molecule has 3 aromatic carbocycles. The highest BCUT2D eigenvalue weighted by Gasteiger charge is 2.45. The van der Waals surface area contributed by atoms with Gasteiger partial charge in [0.25, 0.3) is 0 Å². The lowest BCUT2D eigenvalue weighted by Gasteiger charge is -2.39. The van der Waals surface area contributed by atoms with Crippen molar-refractivity contribution in [1.29, 1.82) is 0 Å². The van der Waals surface area contributed by atoms with Gasteiger partial charge in [-0.15, -0.1) is 0 Å². The van der Waals surface area contributed by atoms with E-state index in [4.69, 9.17) is 42.4 Å². The number of nitrogens with one attached hydrogen (secondary N) is 2. The third kappa shape index (κ3) is 10.1. The van der Waals surface area contributed by atoms with E-state index < -0.39 is 28.1 Å². The number of piperazine rings is 1. The first kappa shape index (κ1) is 41.4. The van der Waals surface area contributed by atoms with Gasteiger partial charge in [-0.25, -0.2) is 17.9 Å².